The van der Waals surface area contributed by atoms with Gasteiger partial charge in [0.05, 0.1) is 40.3 Å². The number of hydrogen-bond acceptors (Lipinski definition) is 5. The first-order chi connectivity index (χ1) is 15.1. The minimum Gasteiger partial charge on any atom is -0.329 e. The zero-order valence-electron chi connectivity index (χ0n) is 16.7. The third-order valence-electron chi connectivity index (χ3n) is 5.32. The maximum absolute atomic E-state index is 12.8. The van der Waals surface area contributed by atoms with Crippen molar-refractivity contribution in [3.63, 3.8) is 0 Å². The number of amides is 2. The Morgan fingerprint density at radius 1 is 1.23 bits per heavy atom. The van der Waals surface area contributed by atoms with Crippen LogP contribution in [0.1, 0.15) is 33.6 Å². The second-order valence-corrected chi connectivity index (χ2v) is 7.73. The first-order valence-electron chi connectivity index (χ1n) is 9.88. The van der Waals surface area contributed by atoms with Gasteiger partial charge in [0, 0.05) is 25.8 Å². The standard InChI is InChI=1S/C23H20ClN5O2/c24-20-4-2-1-3-19(20)22(30)29-10-9-21(23(29)31)27-13-18-12-26-15-28(18)14-17-7-5-16(11-25)6-8-17/h1-8,12,15,21,27H,9-10,13-14H2. The topological polar surface area (TPSA) is 91.0 Å². The summed E-state index contributed by atoms with van der Waals surface area (Å²) in [7, 11) is 0. The maximum atomic E-state index is 12.8. The molecule has 2 aromatic carbocycles. The minimum atomic E-state index is -0.440. The predicted molar refractivity (Wildman–Crippen MR) is 115 cm³/mol. The Morgan fingerprint density at radius 3 is 2.74 bits per heavy atom. The second-order valence-electron chi connectivity index (χ2n) is 7.32. The summed E-state index contributed by atoms with van der Waals surface area (Å²) < 4.78 is 1.99. The molecule has 2 heterocycles. The molecule has 2 amide bonds. The zero-order chi connectivity index (χ0) is 21.8. The number of carbonyl (C=O) groups is 2. The van der Waals surface area contributed by atoms with Gasteiger partial charge in [0.15, 0.2) is 0 Å². The van der Waals surface area contributed by atoms with Gasteiger partial charge in [0.25, 0.3) is 5.91 Å². The SMILES string of the molecule is N#Cc1ccc(Cn2cncc2CNC2CCN(C(=O)c3ccccc3Cl)C2=O)cc1. The van der Waals surface area contributed by atoms with Crippen LogP contribution >= 0.6 is 11.6 Å². The summed E-state index contributed by atoms with van der Waals surface area (Å²) in [6.45, 7) is 1.41. The predicted octanol–water partition coefficient (Wildman–Crippen LogP) is 2.99. The fourth-order valence-electron chi connectivity index (χ4n) is 3.60. The first kappa shape index (κ1) is 20.8. The van der Waals surface area contributed by atoms with Gasteiger partial charge in [-0.2, -0.15) is 5.26 Å². The van der Waals surface area contributed by atoms with E-state index in [-0.39, 0.29) is 11.8 Å². The highest BCUT2D eigenvalue weighted by Gasteiger charge is 2.36. The van der Waals surface area contributed by atoms with E-state index in [9.17, 15) is 9.59 Å². The number of benzene rings is 2. The van der Waals surface area contributed by atoms with Crippen LogP contribution in [-0.2, 0) is 17.9 Å². The van der Waals surface area contributed by atoms with Crippen LogP contribution in [0, 0.1) is 11.3 Å². The van der Waals surface area contributed by atoms with Gasteiger partial charge in [-0.15, -0.1) is 0 Å². The molecule has 1 N–H and O–H groups in total. The summed E-state index contributed by atoms with van der Waals surface area (Å²) in [6.07, 6.45) is 4.03. The highest BCUT2D eigenvalue weighted by atomic mass is 35.5. The molecule has 1 saturated heterocycles. The van der Waals surface area contributed by atoms with Crippen molar-refractivity contribution in [2.45, 2.75) is 25.6 Å². The molecule has 3 aromatic rings. The van der Waals surface area contributed by atoms with E-state index in [4.69, 9.17) is 16.9 Å². The molecule has 4 rings (SSSR count). The van der Waals surface area contributed by atoms with Gasteiger partial charge in [-0.05, 0) is 36.2 Å². The molecule has 1 atom stereocenters. The molecule has 7 nitrogen and oxygen atoms in total. The fourth-order valence-corrected chi connectivity index (χ4v) is 3.81. The minimum absolute atomic E-state index is 0.247. The van der Waals surface area contributed by atoms with Gasteiger partial charge in [-0.25, -0.2) is 4.98 Å². The lowest BCUT2D eigenvalue weighted by Crippen LogP contribution is -2.40. The molecular formula is C23H20ClN5O2. The number of nitrogens with one attached hydrogen (secondary N) is 1. The molecule has 31 heavy (non-hydrogen) atoms. The quantitative estimate of drug-likeness (QED) is 0.603. The molecule has 0 spiro atoms. The van der Waals surface area contributed by atoms with Crippen LogP contribution in [0.3, 0.4) is 0 Å². The summed E-state index contributed by atoms with van der Waals surface area (Å²) >= 11 is 6.11. The number of imidazole rings is 1. The Hall–Kier alpha value is -3.47. The highest BCUT2D eigenvalue weighted by Crippen LogP contribution is 2.21. The van der Waals surface area contributed by atoms with E-state index < -0.39 is 6.04 Å². The lowest BCUT2D eigenvalue weighted by atomic mass is 10.1. The average Bonchev–Trinajstić information content (AvgIpc) is 3.38. The van der Waals surface area contributed by atoms with Crippen LogP contribution in [0.15, 0.2) is 61.1 Å². The van der Waals surface area contributed by atoms with Gasteiger partial charge in [-0.3, -0.25) is 14.5 Å². The molecule has 0 saturated carbocycles. The number of halogens is 1. The average molecular weight is 434 g/mol. The number of nitriles is 1. The number of hydrogen-bond donors (Lipinski definition) is 1. The Bertz CT molecular complexity index is 1150. The lowest BCUT2D eigenvalue weighted by molar-refractivity contribution is -0.127. The summed E-state index contributed by atoms with van der Waals surface area (Å²) in [6, 6.07) is 15.8. The molecular weight excluding hydrogens is 414 g/mol. The van der Waals surface area contributed by atoms with Crippen LogP contribution in [0.4, 0.5) is 0 Å². The number of imide groups is 1. The van der Waals surface area contributed by atoms with Gasteiger partial charge in [0.2, 0.25) is 5.91 Å². The monoisotopic (exact) mass is 433 g/mol. The second kappa shape index (κ2) is 9.13. The van der Waals surface area contributed by atoms with Crippen molar-refractivity contribution >= 4 is 23.4 Å². The van der Waals surface area contributed by atoms with Crippen molar-refractivity contribution < 1.29 is 9.59 Å². The molecule has 8 heteroatoms. The van der Waals surface area contributed by atoms with Crippen LogP contribution in [0.2, 0.25) is 5.02 Å². The molecule has 1 unspecified atom stereocenters. The number of carbonyl (C=O) groups excluding carboxylic acids is 2. The van der Waals surface area contributed by atoms with Crippen LogP contribution in [0.5, 0.6) is 0 Å². The third kappa shape index (κ3) is 4.50. The van der Waals surface area contributed by atoms with E-state index in [0.29, 0.717) is 42.2 Å². The van der Waals surface area contributed by atoms with Crippen molar-refractivity contribution in [2.24, 2.45) is 0 Å². The molecule has 1 aliphatic heterocycles. The summed E-state index contributed by atoms with van der Waals surface area (Å²) in [5, 5.41) is 12.5. The van der Waals surface area contributed by atoms with Gasteiger partial charge in [0.1, 0.15) is 0 Å². The zero-order valence-corrected chi connectivity index (χ0v) is 17.4. The lowest BCUT2D eigenvalue weighted by Gasteiger charge is -2.16. The van der Waals surface area contributed by atoms with E-state index in [1.165, 1.54) is 4.90 Å². The largest absolute Gasteiger partial charge is 0.329 e. The van der Waals surface area contributed by atoms with E-state index in [1.807, 2.05) is 16.7 Å². The third-order valence-corrected chi connectivity index (χ3v) is 5.65. The molecule has 1 fully saturated rings. The summed E-state index contributed by atoms with van der Waals surface area (Å²) in [5.41, 5.74) is 2.92. The number of nitrogens with zero attached hydrogens (tertiary/aromatic N) is 4. The summed E-state index contributed by atoms with van der Waals surface area (Å²) in [5.74, 6) is -0.617. The number of aromatic nitrogens is 2. The normalized spacial score (nSPS) is 15.8. The molecule has 0 aliphatic carbocycles. The van der Waals surface area contributed by atoms with Crippen molar-refractivity contribution in [3.05, 3.63) is 88.5 Å². The fraction of sp³-hybridized carbons (Fsp3) is 0.217. The van der Waals surface area contributed by atoms with Crippen molar-refractivity contribution in [3.8, 4) is 6.07 Å². The Labute approximate surface area is 184 Å². The van der Waals surface area contributed by atoms with Crippen molar-refractivity contribution in [1.82, 2.24) is 19.8 Å². The van der Waals surface area contributed by atoms with Crippen LogP contribution in [0.25, 0.3) is 0 Å². The Kier molecular flexibility index (Phi) is 6.12. The molecule has 1 aromatic heterocycles. The molecule has 1 aliphatic rings. The smallest absolute Gasteiger partial charge is 0.262 e. The van der Waals surface area contributed by atoms with Gasteiger partial charge >= 0.3 is 0 Å². The van der Waals surface area contributed by atoms with Gasteiger partial charge in [-0.1, -0.05) is 35.9 Å². The highest BCUT2D eigenvalue weighted by molar-refractivity contribution is 6.34. The van der Waals surface area contributed by atoms with E-state index >= 15 is 0 Å². The number of likely N-dealkylation sites (tertiary alicyclic amines) is 1. The van der Waals surface area contributed by atoms with E-state index in [2.05, 4.69) is 16.4 Å². The molecule has 0 radical (unpaired) electrons. The van der Waals surface area contributed by atoms with Crippen LogP contribution < -0.4 is 5.32 Å². The summed E-state index contributed by atoms with van der Waals surface area (Å²) in [4.78, 5) is 31.0. The molecule has 0 bridgehead atoms. The maximum Gasteiger partial charge on any atom is 0.262 e. The van der Waals surface area contributed by atoms with Crippen molar-refractivity contribution in [1.29, 1.82) is 5.26 Å². The van der Waals surface area contributed by atoms with E-state index in [0.717, 1.165) is 11.3 Å². The Balaban J connectivity index is 1.38. The number of rotatable bonds is 6. The Morgan fingerprint density at radius 2 is 2.00 bits per heavy atom. The first-order valence-corrected chi connectivity index (χ1v) is 10.3. The molecule has 156 valence electrons. The van der Waals surface area contributed by atoms with E-state index in [1.54, 1.807) is 48.9 Å². The van der Waals surface area contributed by atoms with Crippen LogP contribution in [-0.4, -0.2) is 38.9 Å². The van der Waals surface area contributed by atoms with Crippen molar-refractivity contribution in [2.75, 3.05) is 6.54 Å². The van der Waals surface area contributed by atoms with Gasteiger partial charge < -0.3 is 9.88 Å².